The van der Waals surface area contributed by atoms with E-state index >= 15 is 0 Å². The summed E-state index contributed by atoms with van der Waals surface area (Å²) in [6.07, 6.45) is 1.35. The quantitative estimate of drug-likeness (QED) is 0.592. The van der Waals surface area contributed by atoms with Gasteiger partial charge in [0.05, 0.1) is 38.2 Å². The number of hydrogen-bond donors (Lipinski definition) is 2. The second-order valence-electron chi connectivity index (χ2n) is 6.53. The molecule has 30 heavy (non-hydrogen) atoms. The fraction of sp³-hybridized carbons (Fsp3) is 0.300. The van der Waals surface area contributed by atoms with Gasteiger partial charge in [-0.05, 0) is 31.5 Å². The molecule has 1 aromatic carbocycles. The number of nitrogens with one attached hydrogen (secondary N) is 2. The fourth-order valence-corrected chi connectivity index (χ4v) is 3.87. The van der Waals surface area contributed by atoms with Crippen molar-refractivity contribution in [3.63, 3.8) is 0 Å². The molecule has 0 bridgehead atoms. The smallest absolute Gasteiger partial charge is 0.262 e. The first-order valence-corrected chi connectivity index (χ1v) is 9.89. The number of thiophene rings is 1. The summed E-state index contributed by atoms with van der Waals surface area (Å²) in [6.45, 7) is 3.29. The Morgan fingerprint density at radius 1 is 1.17 bits per heavy atom. The van der Waals surface area contributed by atoms with Crippen molar-refractivity contribution in [2.24, 2.45) is 0 Å². The lowest BCUT2D eigenvalue weighted by Crippen LogP contribution is -2.37. The SMILES string of the molecule is COc1ccc(OC)c(NC(=O)CNC(=O)Cn2cnc3sc(C)c(C)c3c2=O)c1. The highest BCUT2D eigenvalue weighted by atomic mass is 32.1. The van der Waals surface area contributed by atoms with Crippen molar-refractivity contribution >= 4 is 39.1 Å². The molecule has 10 heteroatoms. The Balaban J connectivity index is 1.63. The first-order valence-electron chi connectivity index (χ1n) is 9.07. The van der Waals surface area contributed by atoms with Gasteiger partial charge in [0.1, 0.15) is 22.9 Å². The van der Waals surface area contributed by atoms with Crippen molar-refractivity contribution in [3.05, 3.63) is 45.3 Å². The maximum atomic E-state index is 12.7. The van der Waals surface area contributed by atoms with Gasteiger partial charge < -0.3 is 20.1 Å². The lowest BCUT2D eigenvalue weighted by Gasteiger charge is -2.12. The number of aryl methyl sites for hydroxylation is 2. The molecule has 0 aliphatic carbocycles. The van der Waals surface area contributed by atoms with Gasteiger partial charge in [-0.1, -0.05) is 0 Å². The molecule has 0 aliphatic rings. The van der Waals surface area contributed by atoms with Gasteiger partial charge in [0, 0.05) is 10.9 Å². The van der Waals surface area contributed by atoms with Crippen molar-refractivity contribution in [1.29, 1.82) is 0 Å². The summed E-state index contributed by atoms with van der Waals surface area (Å²) in [4.78, 5) is 43.1. The van der Waals surface area contributed by atoms with Crippen LogP contribution >= 0.6 is 11.3 Å². The molecule has 158 valence electrons. The highest BCUT2D eigenvalue weighted by Crippen LogP contribution is 2.28. The molecule has 2 aromatic heterocycles. The van der Waals surface area contributed by atoms with Crippen LogP contribution in [-0.4, -0.2) is 42.1 Å². The Kier molecular flexibility index (Phi) is 6.36. The molecule has 0 atom stereocenters. The summed E-state index contributed by atoms with van der Waals surface area (Å²) in [5.41, 5.74) is 1.02. The van der Waals surface area contributed by atoms with Crippen LogP contribution in [0.5, 0.6) is 11.5 Å². The number of hydrogen-bond acceptors (Lipinski definition) is 7. The van der Waals surface area contributed by atoms with Crippen molar-refractivity contribution in [2.75, 3.05) is 26.1 Å². The molecule has 0 unspecified atom stereocenters. The third kappa shape index (κ3) is 4.43. The van der Waals surface area contributed by atoms with Crippen LogP contribution in [0, 0.1) is 13.8 Å². The minimum absolute atomic E-state index is 0.230. The van der Waals surface area contributed by atoms with Crippen LogP contribution in [0.25, 0.3) is 10.2 Å². The third-order valence-corrected chi connectivity index (χ3v) is 5.71. The van der Waals surface area contributed by atoms with E-state index in [9.17, 15) is 14.4 Å². The molecule has 3 rings (SSSR count). The maximum absolute atomic E-state index is 12.7. The Bertz CT molecular complexity index is 1170. The number of benzene rings is 1. The van der Waals surface area contributed by atoms with Gasteiger partial charge >= 0.3 is 0 Å². The standard InChI is InChI=1S/C20H22N4O5S/c1-11-12(2)30-19-18(11)20(27)24(10-22-19)9-17(26)21-8-16(25)23-14-7-13(28-3)5-6-15(14)29-4/h5-7,10H,8-9H2,1-4H3,(H,21,26)(H,23,25). The van der Waals surface area contributed by atoms with Crippen LogP contribution in [0.3, 0.4) is 0 Å². The molecule has 2 N–H and O–H groups in total. The first-order chi connectivity index (χ1) is 14.3. The van der Waals surface area contributed by atoms with E-state index in [0.29, 0.717) is 27.4 Å². The van der Waals surface area contributed by atoms with E-state index in [1.165, 1.54) is 36.5 Å². The predicted molar refractivity (Wildman–Crippen MR) is 115 cm³/mol. The number of methoxy groups -OCH3 is 2. The number of nitrogens with zero attached hydrogens (tertiary/aromatic N) is 2. The summed E-state index contributed by atoms with van der Waals surface area (Å²) in [7, 11) is 3.00. The van der Waals surface area contributed by atoms with Crippen molar-refractivity contribution in [3.8, 4) is 11.5 Å². The second kappa shape index (κ2) is 8.95. The molecular formula is C20H22N4O5S. The summed E-state index contributed by atoms with van der Waals surface area (Å²) < 4.78 is 11.6. The van der Waals surface area contributed by atoms with Crippen LogP contribution in [0.1, 0.15) is 10.4 Å². The van der Waals surface area contributed by atoms with Crippen molar-refractivity contribution < 1.29 is 19.1 Å². The van der Waals surface area contributed by atoms with Crippen LogP contribution in [-0.2, 0) is 16.1 Å². The zero-order valence-electron chi connectivity index (χ0n) is 17.1. The second-order valence-corrected chi connectivity index (χ2v) is 7.74. The topological polar surface area (TPSA) is 112 Å². The number of aromatic nitrogens is 2. The van der Waals surface area contributed by atoms with Crippen molar-refractivity contribution in [1.82, 2.24) is 14.9 Å². The molecular weight excluding hydrogens is 408 g/mol. The summed E-state index contributed by atoms with van der Waals surface area (Å²) in [6, 6.07) is 4.98. The summed E-state index contributed by atoms with van der Waals surface area (Å²) in [5.74, 6) is 0.0925. The number of fused-ring (bicyclic) bond motifs is 1. The molecule has 0 aliphatic heterocycles. The molecule has 3 aromatic rings. The Morgan fingerprint density at radius 3 is 2.63 bits per heavy atom. The maximum Gasteiger partial charge on any atom is 0.262 e. The molecule has 0 radical (unpaired) electrons. The van der Waals surface area contributed by atoms with Gasteiger partial charge in [-0.15, -0.1) is 11.3 Å². The van der Waals surface area contributed by atoms with Gasteiger partial charge in [-0.3, -0.25) is 19.0 Å². The highest BCUT2D eigenvalue weighted by Gasteiger charge is 2.15. The molecule has 2 amide bonds. The molecule has 0 spiro atoms. The Morgan fingerprint density at radius 2 is 1.93 bits per heavy atom. The number of anilines is 1. The number of ether oxygens (including phenoxy) is 2. The summed E-state index contributed by atoms with van der Waals surface area (Å²) >= 11 is 1.44. The van der Waals surface area contributed by atoms with Gasteiger partial charge in [-0.25, -0.2) is 4.98 Å². The van der Waals surface area contributed by atoms with Gasteiger partial charge in [-0.2, -0.15) is 0 Å². The molecule has 0 fully saturated rings. The van der Waals surface area contributed by atoms with E-state index in [-0.39, 0.29) is 18.6 Å². The van der Waals surface area contributed by atoms with Crippen LogP contribution in [0.4, 0.5) is 5.69 Å². The van der Waals surface area contributed by atoms with Crippen LogP contribution < -0.4 is 25.7 Å². The van der Waals surface area contributed by atoms with E-state index < -0.39 is 11.8 Å². The summed E-state index contributed by atoms with van der Waals surface area (Å²) in [5, 5.41) is 5.69. The van der Waals surface area contributed by atoms with Crippen molar-refractivity contribution in [2.45, 2.75) is 20.4 Å². The number of amides is 2. The number of rotatable bonds is 7. The minimum atomic E-state index is -0.476. The lowest BCUT2D eigenvalue weighted by molar-refractivity contribution is -0.124. The zero-order valence-corrected chi connectivity index (χ0v) is 17.9. The highest BCUT2D eigenvalue weighted by molar-refractivity contribution is 7.18. The predicted octanol–water partition coefficient (Wildman–Crippen LogP) is 1.85. The fourth-order valence-electron chi connectivity index (χ4n) is 2.88. The van der Waals surface area contributed by atoms with E-state index in [2.05, 4.69) is 15.6 Å². The van der Waals surface area contributed by atoms with E-state index in [1.54, 1.807) is 18.2 Å². The third-order valence-electron chi connectivity index (χ3n) is 4.60. The average Bonchev–Trinajstić information content (AvgIpc) is 3.02. The number of carbonyl (C=O) groups is 2. The largest absolute Gasteiger partial charge is 0.497 e. The van der Waals surface area contributed by atoms with Gasteiger partial charge in [0.15, 0.2) is 0 Å². The average molecular weight is 430 g/mol. The van der Waals surface area contributed by atoms with E-state index in [1.807, 2.05) is 13.8 Å². The van der Waals surface area contributed by atoms with Gasteiger partial charge in [0.2, 0.25) is 11.8 Å². The molecule has 0 saturated heterocycles. The van der Waals surface area contributed by atoms with Crippen LogP contribution in [0.15, 0.2) is 29.3 Å². The van der Waals surface area contributed by atoms with E-state index in [0.717, 1.165) is 10.4 Å². The monoisotopic (exact) mass is 430 g/mol. The first kappa shape index (κ1) is 21.3. The van der Waals surface area contributed by atoms with Gasteiger partial charge in [0.25, 0.3) is 5.56 Å². The minimum Gasteiger partial charge on any atom is -0.497 e. The number of carbonyl (C=O) groups excluding carboxylic acids is 2. The lowest BCUT2D eigenvalue weighted by atomic mass is 10.2. The Hall–Kier alpha value is -3.40. The zero-order chi connectivity index (χ0) is 21.8. The molecule has 2 heterocycles. The molecule has 0 saturated carbocycles. The van der Waals surface area contributed by atoms with Crippen LogP contribution in [0.2, 0.25) is 0 Å². The van der Waals surface area contributed by atoms with E-state index in [4.69, 9.17) is 9.47 Å². The normalized spacial score (nSPS) is 10.7. The molecule has 9 nitrogen and oxygen atoms in total. The Labute approximate surface area is 176 Å².